The molecule has 0 spiro atoms. The van der Waals surface area contributed by atoms with E-state index in [1.165, 1.54) is 6.07 Å². The number of carbonyl (C=O) groups is 3. The van der Waals surface area contributed by atoms with Crippen LogP contribution in [0.25, 0.3) is 11.3 Å². The SMILES string of the molecule is CCOC(=O)[C@H]1CCCN(C(=O)[C@@H](NC(=O)c2cc(-c3cccc(OC)c3)on2)C(C)C)C1. The lowest BCUT2D eigenvalue weighted by atomic mass is 9.95. The van der Waals surface area contributed by atoms with Crippen molar-refractivity contribution < 1.29 is 28.4 Å². The van der Waals surface area contributed by atoms with Crippen LogP contribution in [0.3, 0.4) is 0 Å². The van der Waals surface area contributed by atoms with Gasteiger partial charge < -0.3 is 24.2 Å². The minimum atomic E-state index is -0.754. The van der Waals surface area contributed by atoms with Crippen molar-refractivity contribution in [3.8, 4) is 17.1 Å². The number of benzene rings is 1. The van der Waals surface area contributed by atoms with Gasteiger partial charge in [0.15, 0.2) is 11.5 Å². The Labute approximate surface area is 193 Å². The van der Waals surface area contributed by atoms with E-state index in [0.717, 1.165) is 5.56 Å². The molecule has 0 saturated carbocycles. The third kappa shape index (κ3) is 5.91. The summed E-state index contributed by atoms with van der Waals surface area (Å²) in [5.41, 5.74) is 0.796. The first-order chi connectivity index (χ1) is 15.8. The van der Waals surface area contributed by atoms with Gasteiger partial charge in [0.05, 0.1) is 19.6 Å². The number of amides is 2. The van der Waals surface area contributed by atoms with Gasteiger partial charge in [-0.1, -0.05) is 31.1 Å². The van der Waals surface area contributed by atoms with Crippen LogP contribution in [0, 0.1) is 11.8 Å². The number of ether oxygens (including phenoxy) is 2. The molecule has 0 unspecified atom stereocenters. The van der Waals surface area contributed by atoms with Gasteiger partial charge in [0.25, 0.3) is 5.91 Å². The van der Waals surface area contributed by atoms with Crippen LogP contribution in [0.2, 0.25) is 0 Å². The molecular weight excluding hydrogens is 426 g/mol. The molecule has 2 atom stereocenters. The monoisotopic (exact) mass is 457 g/mol. The highest BCUT2D eigenvalue weighted by Gasteiger charge is 2.35. The first-order valence-corrected chi connectivity index (χ1v) is 11.2. The Morgan fingerprint density at radius 1 is 1.27 bits per heavy atom. The number of esters is 1. The topological polar surface area (TPSA) is 111 Å². The van der Waals surface area contributed by atoms with Crippen molar-refractivity contribution in [3.63, 3.8) is 0 Å². The number of aromatic nitrogens is 1. The van der Waals surface area contributed by atoms with Crippen LogP contribution in [0.4, 0.5) is 0 Å². The largest absolute Gasteiger partial charge is 0.497 e. The fourth-order valence-corrected chi connectivity index (χ4v) is 3.85. The van der Waals surface area contributed by atoms with E-state index in [2.05, 4.69) is 10.5 Å². The Morgan fingerprint density at radius 2 is 2.06 bits per heavy atom. The lowest BCUT2D eigenvalue weighted by molar-refractivity contribution is -0.151. The maximum atomic E-state index is 13.2. The summed E-state index contributed by atoms with van der Waals surface area (Å²) in [5, 5.41) is 6.67. The van der Waals surface area contributed by atoms with Crippen molar-refractivity contribution >= 4 is 17.8 Å². The van der Waals surface area contributed by atoms with Gasteiger partial charge >= 0.3 is 5.97 Å². The molecule has 1 N–H and O–H groups in total. The van der Waals surface area contributed by atoms with Gasteiger partial charge in [0.2, 0.25) is 5.91 Å². The van der Waals surface area contributed by atoms with E-state index in [9.17, 15) is 14.4 Å². The Kier molecular flexibility index (Phi) is 8.08. The molecule has 2 aromatic rings. The summed E-state index contributed by atoms with van der Waals surface area (Å²) >= 11 is 0. The Balaban J connectivity index is 1.69. The number of hydrogen-bond acceptors (Lipinski definition) is 7. The zero-order valence-electron chi connectivity index (χ0n) is 19.5. The van der Waals surface area contributed by atoms with E-state index in [1.54, 1.807) is 31.1 Å². The minimum Gasteiger partial charge on any atom is -0.497 e. The second-order valence-corrected chi connectivity index (χ2v) is 8.38. The summed E-state index contributed by atoms with van der Waals surface area (Å²) < 4.78 is 15.7. The number of methoxy groups -OCH3 is 1. The molecule has 0 bridgehead atoms. The molecule has 9 nitrogen and oxygen atoms in total. The highest BCUT2D eigenvalue weighted by molar-refractivity contribution is 5.97. The van der Waals surface area contributed by atoms with E-state index in [4.69, 9.17) is 14.0 Å². The third-order valence-corrected chi connectivity index (χ3v) is 5.67. The molecule has 3 rings (SSSR count). The van der Waals surface area contributed by atoms with Crippen LogP contribution in [0.15, 0.2) is 34.9 Å². The number of nitrogens with zero attached hydrogens (tertiary/aromatic N) is 2. The fourth-order valence-electron chi connectivity index (χ4n) is 3.85. The van der Waals surface area contributed by atoms with E-state index < -0.39 is 11.9 Å². The second kappa shape index (κ2) is 11.0. The summed E-state index contributed by atoms with van der Waals surface area (Å²) in [5.74, 6) is -0.431. The summed E-state index contributed by atoms with van der Waals surface area (Å²) in [4.78, 5) is 39.9. The summed E-state index contributed by atoms with van der Waals surface area (Å²) in [6.07, 6.45) is 1.40. The molecule has 1 aliphatic heterocycles. The number of nitrogens with one attached hydrogen (secondary N) is 1. The molecule has 1 aromatic heterocycles. The molecule has 0 radical (unpaired) electrons. The highest BCUT2D eigenvalue weighted by atomic mass is 16.5. The first-order valence-electron chi connectivity index (χ1n) is 11.2. The number of hydrogen-bond donors (Lipinski definition) is 1. The molecular formula is C24H31N3O6. The summed E-state index contributed by atoms with van der Waals surface area (Å²) in [6.45, 7) is 6.62. The number of piperidine rings is 1. The van der Waals surface area contributed by atoms with E-state index >= 15 is 0 Å². The van der Waals surface area contributed by atoms with Crippen LogP contribution < -0.4 is 10.1 Å². The van der Waals surface area contributed by atoms with Crippen molar-refractivity contribution in [2.75, 3.05) is 26.8 Å². The summed E-state index contributed by atoms with van der Waals surface area (Å²) in [7, 11) is 1.57. The van der Waals surface area contributed by atoms with Gasteiger partial charge in [-0.3, -0.25) is 14.4 Å². The standard InChI is InChI=1S/C24H31N3O6/c1-5-32-24(30)17-9-7-11-27(14-17)23(29)21(15(2)3)25-22(28)19-13-20(33-26-19)16-8-6-10-18(12-16)31-4/h6,8,10,12-13,15,17,21H,5,7,9,11,14H2,1-4H3,(H,25,28)/t17-,21-/m0/s1. The normalized spacial score (nSPS) is 16.9. The van der Waals surface area contributed by atoms with Gasteiger partial charge in [0.1, 0.15) is 11.8 Å². The summed E-state index contributed by atoms with van der Waals surface area (Å²) in [6, 6.07) is 7.99. The van der Waals surface area contributed by atoms with Gasteiger partial charge in [-0.05, 0) is 37.8 Å². The van der Waals surface area contributed by atoms with Crippen LogP contribution in [-0.4, -0.2) is 60.7 Å². The number of rotatable bonds is 8. The van der Waals surface area contributed by atoms with Gasteiger partial charge in [0, 0.05) is 24.7 Å². The van der Waals surface area contributed by atoms with Crippen molar-refractivity contribution in [2.24, 2.45) is 11.8 Å². The quantitative estimate of drug-likeness (QED) is 0.607. The predicted octanol–water partition coefficient (Wildman–Crippen LogP) is 2.91. The fraction of sp³-hybridized carbons (Fsp3) is 0.500. The molecule has 1 fully saturated rings. The van der Waals surface area contributed by atoms with Crippen molar-refractivity contribution in [3.05, 3.63) is 36.0 Å². The van der Waals surface area contributed by atoms with Crippen LogP contribution in [0.5, 0.6) is 5.75 Å². The van der Waals surface area contributed by atoms with Crippen LogP contribution >= 0.6 is 0 Å². The molecule has 1 aromatic carbocycles. The lowest BCUT2D eigenvalue weighted by Gasteiger charge is -2.35. The average Bonchev–Trinajstić information content (AvgIpc) is 3.32. The van der Waals surface area contributed by atoms with Gasteiger partial charge in [-0.15, -0.1) is 0 Å². The van der Waals surface area contributed by atoms with Crippen molar-refractivity contribution in [2.45, 2.75) is 39.7 Å². The van der Waals surface area contributed by atoms with Gasteiger partial charge in [-0.25, -0.2) is 0 Å². The Bertz CT molecular complexity index is 986. The molecule has 33 heavy (non-hydrogen) atoms. The number of likely N-dealkylation sites (tertiary alicyclic amines) is 1. The molecule has 0 aliphatic carbocycles. The Hall–Kier alpha value is -3.36. The molecule has 9 heteroatoms. The second-order valence-electron chi connectivity index (χ2n) is 8.38. The van der Waals surface area contributed by atoms with E-state index in [-0.39, 0.29) is 29.4 Å². The molecule has 1 saturated heterocycles. The molecule has 1 aliphatic rings. The first kappa shape index (κ1) is 24.3. The highest BCUT2D eigenvalue weighted by Crippen LogP contribution is 2.25. The smallest absolute Gasteiger partial charge is 0.310 e. The third-order valence-electron chi connectivity index (χ3n) is 5.67. The van der Waals surface area contributed by atoms with Crippen LogP contribution in [-0.2, 0) is 14.3 Å². The number of carbonyl (C=O) groups excluding carboxylic acids is 3. The molecule has 2 heterocycles. The molecule has 178 valence electrons. The zero-order valence-corrected chi connectivity index (χ0v) is 19.5. The average molecular weight is 458 g/mol. The van der Waals surface area contributed by atoms with E-state index in [1.807, 2.05) is 26.0 Å². The van der Waals surface area contributed by atoms with Crippen molar-refractivity contribution in [1.29, 1.82) is 0 Å². The van der Waals surface area contributed by atoms with E-state index in [0.29, 0.717) is 44.0 Å². The maximum Gasteiger partial charge on any atom is 0.310 e. The maximum absolute atomic E-state index is 13.2. The van der Waals surface area contributed by atoms with Crippen molar-refractivity contribution in [1.82, 2.24) is 15.4 Å². The lowest BCUT2D eigenvalue weighted by Crippen LogP contribution is -2.54. The van der Waals surface area contributed by atoms with Gasteiger partial charge in [-0.2, -0.15) is 0 Å². The Morgan fingerprint density at radius 3 is 2.76 bits per heavy atom. The predicted molar refractivity (Wildman–Crippen MR) is 121 cm³/mol. The minimum absolute atomic E-state index is 0.0781. The zero-order chi connectivity index (χ0) is 24.0. The van der Waals surface area contributed by atoms with Crippen LogP contribution in [0.1, 0.15) is 44.1 Å². The molecule has 2 amide bonds.